The Morgan fingerprint density at radius 2 is 1.70 bits per heavy atom. The largest absolute Gasteiger partial charge is 0.493 e. The second-order valence-electron chi connectivity index (χ2n) is 9.71. The average molecular weight is 359 g/mol. The lowest BCUT2D eigenvalue weighted by Gasteiger charge is -2.52. The maximum atomic E-state index is 11.7. The van der Waals surface area contributed by atoms with E-state index in [4.69, 9.17) is 4.74 Å². The van der Waals surface area contributed by atoms with Gasteiger partial charge in [-0.1, -0.05) is 16.3 Å². The summed E-state index contributed by atoms with van der Waals surface area (Å²) in [7, 11) is 14.8. The van der Waals surface area contributed by atoms with Crippen molar-refractivity contribution >= 4 is 66.2 Å². The lowest BCUT2D eigenvalue weighted by Crippen LogP contribution is -2.59. The Morgan fingerprint density at radius 1 is 1.11 bits per heavy atom. The summed E-state index contributed by atoms with van der Waals surface area (Å²) < 4.78 is 6.53. The van der Waals surface area contributed by atoms with Crippen molar-refractivity contribution in [2.45, 2.75) is 29.1 Å². The SMILES string of the molecule is BC(B)(B)C(B)(Oc1cc(C2=CCNCC2)c(C)cc1[N+](=O)[O-])C(B)(B)B. The van der Waals surface area contributed by atoms with Crippen molar-refractivity contribution in [2.75, 3.05) is 13.1 Å². The molecule has 0 atom stereocenters. The first kappa shape index (κ1) is 21.9. The van der Waals surface area contributed by atoms with Crippen molar-refractivity contribution < 1.29 is 9.66 Å². The minimum atomic E-state index is -0.597. The standard InChI is InChI=1S/C15H27B7N2O3/c1-8-6-11(24(25)26)12(7-10(8)9-2-4-23-5-3-9)27-13(16,14(17,18)19)15(20,21)22/h2,6-7,23H,3-5,16-22H2,1H3. The van der Waals surface area contributed by atoms with E-state index in [1.54, 1.807) is 6.07 Å². The van der Waals surface area contributed by atoms with Crippen molar-refractivity contribution in [3.05, 3.63) is 39.4 Å². The fraction of sp³-hybridized carbons (Fsp3) is 0.467. The molecule has 0 fully saturated rings. The molecule has 27 heavy (non-hydrogen) atoms. The van der Waals surface area contributed by atoms with Crippen LogP contribution in [0.25, 0.3) is 5.57 Å². The zero-order valence-corrected chi connectivity index (χ0v) is 18.0. The number of benzene rings is 1. The molecule has 1 N–H and O–H groups in total. The van der Waals surface area contributed by atoms with Crippen LogP contribution in [-0.4, -0.2) is 78.4 Å². The van der Waals surface area contributed by atoms with Crippen LogP contribution in [0.1, 0.15) is 17.5 Å². The van der Waals surface area contributed by atoms with E-state index in [-0.39, 0.29) is 20.8 Å². The van der Waals surface area contributed by atoms with E-state index in [0.29, 0.717) is 5.75 Å². The average Bonchev–Trinajstić information content (AvgIpc) is 2.54. The summed E-state index contributed by atoms with van der Waals surface area (Å²) in [6.45, 7) is 3.67. The van der Waals surface area contributed by atoms with Crippen LogP contribution in [0.3, 0.4) is 0 Å². The van der Waals surface area contributed by atoms with Gasteiger partial charge in [0.1, 0.15) is 0 Å². The van der Waals surface area contributed by atoms with Crippen LogP contribution in [0.5, 0.6) is 5.75 Å². The van der Waals surface area contributed by atoms with Gasteiger partial charge in [0.15, 0.2) is 13.6 Å². The molecule has 1 heterocycles. The fourth-order valence-electron chi connectivity index (χ4n) is 3.76. The minimum Gasteiger partial charge on any atom is -0.493 e. The number of hydrogen-bond donors (Lipinski definition) is 1. The summed E-state index contributed by atoms with van der Waals surface area (Å²) in [6.07, 6.45) is 3.07. The number of rotatable bonds is 6. The first-order valence-corrected chi connectivity index (χ1v) is 9.66. The van der Waals surface area contributed by atoms with Crippen molar-refractivity contribution in [3.63, 3.8) is 0 Å². The van der Waals surface area contributed by atoms with Gasteiger partial charge in [-0.05, 0) is 42.7 Å². The number of nitro benzene ring substituents is 1. The predicted octanol–water partition coefficient (Wildman–Crippen LogP) is -4.07. The van der Waals surface area contributed by atoms with Gasteiger partial charge in [0.25, 0.3) is 0 Å². The Morgan fingerprint density at radius 3 is 2.15 bits per heavy atom. The highest BCUT2D eigenvalue weighted by Gasteiger charge is 2.48. The van der Waals surface area contributed by atoms with E-state index in [1.807, 2.05) is 13.0 Å². The van der Waals surface area contributed by atoms with E-state index in [0.717, 1.165) is 30.6 Å². The summed E-state index contributed by atoms with van der Waals surface area (Å²) in [5.74, 6) is 0.354. The highest BCUT2D eigenvalue weighted by Crippen LogP contribution is 2.46. The van der Waals surface area contributed by atoms with Gasteiger partial charge in [0.05, 0.1) is 52.0 Å². The monoisotopic (exact) mass is 360 g/mol. The van der Waals surface area contributed by atoms with Gasteiger partial charge in [-0.15, -0.1) is 0 Å². The van der Waals surface area contributed by atoms with E-state index in [1.165, 1.54) is 5.57 Å². The smallest absolute Gasteiger partial charge is 0.311 e. The molecule has 1 aliphatic rings. The lowest BCUT2D eigenvalue weighted by molar-refractivity contribution is -0.386. The van der Waals surface area contributed by atoms with Crippen LogP contribution in [0.15, 0.2) is 18.2 Å². The summed E-state index contributed by atoms with van der Waals surface area (Å²) in [4.78, 5) is 11.4. The molecule has 0 aliphatic carbocycles. The molecule has 0 saturated carbocycles. The van der Waals surface area contributed by atoms with E-state index < -0.39 is 5.50 Å². The summed E-state index contributed by atoms with van der Waals surface area (Å²) in [6, 6.07) is 3.53. The van der Waals surface area contributed by atoms with Crippen LogP contribution in [-0.2, 0) is 0 Å². The number of nitrogens with zero attached hydrogens (tertiary/aromatic N) is 1. The Bertz CT molecular complexity index is 758. The summed E-state index contributed by atoms with van der Waals surface area (Å²) in [5, 5.41) is 14.6. The van der Waals surface area contributed by atoms with Crippen LogP contribution >= 0.6 is 0 Å². The maximum Gasteiger partial charge on any atom is 0.311 e. The second kappa shape index (κ2) is 7.53. The molecule has 1 aromatic carbocycles. The summed E-state index contributed by atoms with van der Waals surface area (Å²) in [5.41, 5.74) is 2.61. The minimum absolute atomic E-state index is 0.0329. The molecule has 0 bridgehead atoms. The highest BCUT2D eigenvalue weighted by molar-refractivity contribution is 6.69. The normalized spacial score (nSPS) is 15.8. The molecular weight excluding hydrogens is 332 g/mol. The number of aryl methyl sites for hydroxylation is 1. The van der Waals surface area contributed by atoms with Gasteiger partial charge in [-0.3, -0.25) is 10.1 Å². The zero-order valence-electron chi connectivity index (χ0n) is 18.0. The van der Waals surface area contributed by atoms with Crippen LogP contribution < -0.4 is 10.1 Å². The zero-order chi connectivity index (χ0) is 20.6. The summed E-state index contributed by atoms with van der Waals surface area (Å²) >= 11 is 0. The van der Waals surface area contributed by atoms with Gasteiger partial charge in [-0.2, -0.15) is 0 Å². The first-order chi connectivity index (χ1) is 12.3. The van der Waals surface area contributed by atoms with Crippen LogP contribution in [0, 0.1) is 17.0 Å². The number of ether oxygens (including phenoxy) is 1. The molecule has 0 unspecified atom stereocenters. The molecule has 5 nitrogen and oxygen atoms in total. The molecule has 0 aromatic heterocycles. The second-order valence-corrected chi connectivity index (χ2v) is 9.71. The van der Waals surface area contributed by atoms with E-state index in [9.17, 15) is 10.1 Å². The molecule has 136 valence electrons. The van der Waals surface area contributed by atoms with Crippen molar-refractivity contribution in [3.8, 4) is 5.75 Å². The Kier molecular flexibility index (Phi) is 6.10. The van der Waals surface area contributed by atoms with Crippen molar-refractivity contribution in [2.24, 2.45) is 0 Å². The molecule has 0 amide bonds. The van der Waals surface area contributed by atoms with Gasteiger partial charge in [0.2, 0.25) is 0 Å². The Balaban J connectivity index is 2.63. The first-order valence-electron chi connectivity index (χ1n) is 9.66. The van der Waals surface area contributed by atoms with E-state index >= 15 is 0 Å². The maximum absolute atomic E-state index is 11.7. The molecule has 2 rings (SSSR count). The third-order valence-electron chi connectivity index (χ3n) is 6.09. The molecule has 1 aliphatic heterocycles. The third kappa shape index (κ3) is 4.36. The molecule has 12 heteroatoms. The predicted molar refractivity (Wildman–Crippen MR) is 132 cm³/mol. The Hall–Kier alpha value is -1.43. The highest BCUT2D eigenvalue weighted by atomic mass is 16.6. The quantitative estimate of drug-likeness (QED) is 0.319. The van der Waals surface area contributed by atoms with Gasteiger partial charge in [-0.25, -0.2) is 0 Å². The topological polar surface area (TPSA) is 64.4 Å². The van der Waals surface area contributed by atoms with Crippen LogP contribution in [0.2, 0.25) is 10.2 Å². The van der Waals surface area contributed by atoms with Gasteiger partial charge >= 0.3 is 5.69 Å². The molecule has 0 radical (unpaired) electrons. The van der Waals surface area contributed by atoms with E-state index in [2.05, 4.69) is 66.3 Å². The van der Waals surface area contributed by atoms with Crippen molar-refractivity contribution in [1.29, 1.82) is 0 Å². The number of hydrogen-bond acceptors (Lipinski definition) is 4. The van der Waals surface area contributed by atoms with Gasteiger partial charge < -0.3 is 10.1 Å². The third-order valence-corrected chi connectivity index (χ3v) is 6.09. The molecular formula is C15H27B7N2O3. The fourth-order valence-corrected chi connectivity index (χ4v) is 3.76. The molecule has 1 aromatic rings. The van der Waals surface area contributed by atoms with Gasteiger partial charge in [0, 0.05) is 18.1 Å². The number of nitro groups is 1. The molecule has 0 spiro atoms. The lowest BCUT2D eigenvalue weighted by atomic mass is 9.19. The molecule has 0 saturated heterocycles. The number of nitrogens with one attached hydrogen (secondary N) is 1. The Labute approximate surface area is 168 Å². The van der Waals surface area contributed by atoms with Crippen molar-refractivity contribution in [1.82, 2.24) is 5.32 Å². The van der Waals surface area contributed by atoms with Crippen LogP contribution in [0.4, 0.5) is 5.69 Å².